The van der Waals surface area contributed by atoms with Crippen molar-refractivity contribution >= 4 is 11.7 Å². The highest BCUT2D eigenvalue weighted by Gasteiger charge is 2.25. The molecule has 14 heavy (non-hydrogen) atoms. The molecule has 0 aliphatic heterocycles. The van der Waals surface area contributed by atoms with Gasteiger partial charge in [-0.1, -0.05) is 0 Å². The molecular formula is C9H13N3O2. The SMILES string of the molecule is CC(N)(CC(=O)O)c1ccc(N)cn1. The Morgan fingerprint density at radius 2 is 2.29 bits per heavy atom. The molecule has 0 amide bonds. The summed E-state index contributed by atoms with van der Waals surface area (Å²) in [4.78, 5) is 14.5. The number of hydrogen-bond donors (Lipinski definition) is 3. The van der Waals surface area contributed by atoms with Gasteiger partial charge in [-0.3, -0.25) is 9.78 Å². The van der Waals surface area contributed by atoms with Gasteiger partial charge in [-0.15, -0.1) is 0 Å². The topological polar surface area (TPSA) is 102 Å². The third-order valence-electron chi connectivity index (χ3n) is 1.89. The van der Waals surface area contributed by atoms with Crippen LogP contribution in [-0.2, 0) is 10.3 Å². The summed E-state index contributed by atoms with van der Waals surface area (Å²) in [6.07, 6.45) is 1.30. The van der Waals surface area contributed by atoms with Gasteiger partial charge >= 0.3 is 5.97 Å². The first-order chi connectivity index (χ1) is 6.42. The van der Waals surface area contributed by atoms with Crippen molar-refractivity contribution in [3.8, 4) is 0 Å². The van der Waals surface area contributed by atoms with Crippen molar-refractivity contribution in [3.63, 3.8) is 0 Å². The van der Waals surface area contributed by atoms with Crippen LogP contribution in [0.15, 0.2) is 18.3 Å². The zero-order chi connectivity index (χ0) is 10.8. The van der Waals surface area contributed by atoms with Crippen molar-refractivity contribution in [2.45, 2.75) is 18.9 Å². The van der Waals surface area contributed by atoms with Gasteiger partial charge in [0, 0.05) is 0 Å². The standard InChI is InChI=1S/C9H13N3O2/c1-9(11,4-8(13)14)7-3-2-6(10)5-12-7/h2-3,5H,4,10-11H2,1H3,(H,13,14). The van der Waals surface area contributed by atoms with Crippen LogP contribution in [-0.4, -0.2) is 16.1 Å². The maximum atomic E-state index is 10.5. The highest BCUT2D eigenvalue weighted by Crippen LogP contribution is 2.19. The summed E-state index contributed by atoms with van der Waals surface area (Å²) in [6.45, 7) is 1.62. The van der Waals surface area contributed by atoms with Crippen molar-refractivity contribution in [2.75, 3.05) is 5.73 Å². The molecule has 5 heteroatoms. The molecule has 5 nitrogen and oxygen atoms in total. The zero-order valence-electron chi connectivity index (χ0n) is 7.90. The maximum Gasteiger partial charge on any atom is 0.305 e. The van der Waals surface area contributed by atoms with Gasteiger partial charge in [0.2, 0.25) is 0 Å². The van der Waals surface area contributed by atoms with Crippen molar-refractivity contribution < 1.29 is 9.90 Å². The third-order valence-corrected chi connectivity index (χ3v) is 1.89. The summed E-state index contributed by atoms with van der Waals surface area (Å²) in [6, 6.07) is 3.29. The van der Waals surface area contributed by atoms with Crippen LogP contribution in [0.2, 0.25) is 0 Å². The number of carboxylic acid groups (broad SMARTS) is 1. The fourth-order valence-corrected chi connectivity index (χ4v) is 1.15. The summed E-state index contributed by atoms with van der Waals surface area (Å²) < 4.78 is 0. The summed E-state index contributed by atoms with van der Waals surface area (Å²) in [5.74, 6) is -0.950. The lowest BCUT2D eigenvalue weighted by Crippen LogP contribution is -2.36. The molecule has 0 radical (unpaired) electrons. The predicted molar refractivity (Wildman–Crippen MR) is 52.4 cm³/mol. The molecule has 0 saturated carbocycles. The molecule has 1 atom stereocenters. The van der Waals surface area contributed by atoms with E-state index in [1.165, 1.54) is 6.20 Å². The highest BCUT2D eigenvalue weighted by molar-refractivity contribution is 5.68. The van der Waals surface area contributed by atoms with Crippen LogP contribution in [0.4, 0.5) is 5.69 Å². The van der Waals surface area contributed by atoms with Crippen molar-refractivity contribution in [3.05, 3.63) is 24.0 Å². The van der Waals surface area contributed by atoms with Gasteiger partial charge in [-0.2, -0.15) is 0 Å². The van der Waals surface area contributed by atoms with Gasteiger partial charge in [-0.25, -0.2) is 0 Å². The second-order valence-corrected chi connectivity index (χ2v) is 3.46. The fraction of sp³-hybridized carbons (Fsp3) is 0.333. The summed E-state index contributed by atoms with van der Waals surface area (Å²) >= 11 is 0. The predicted octanol–water partition coefficient (Wildman–Crippen LogP) is 0.312. The average Bonchev–Trinajstić information content (AvgIpc) is 2.02. The van der Waals surface area contributed by atoms with Crippen molar-refractivity contribution in [1.82, 2.24) is 4.98 Å². The normalized spacial score (nSPS) is 14.7. The van der Waals surface area contributed by atoms with Gasteiger partial charge in [-0.05, 0) is 19.1 Å². The number of carboxylic acids is 1. The molecule has 0 spiro atoms. The van der Waals surface area contributed by atoms with E-state index in [2.05, 4.69) is 4.98 Å². The number of nitrogen functional groups attached to an aromatic ring is 1. The lowest BCUT2D eigenvalue weighted by molar-refractivity contribution is -0.138. The van der Waals surface area contributed by atoms with E-state index in [9.17, 15) is 4.79 Å². The first kappa shape index (κ1) is 10.5. The van der Waals surface area contributed by atoms with Crippen LogP contribution in [0.3, 0.4) is 0 Å². The number of aliphatic carboxylic acids is 1. The molecule has 76 valence electrons. The van der Waals surface area contributed by atoms with Gasteiger partial charge in [0.15, 0.2) is 0 Å². The van der Waals surface area contributed by atoms with Crippen LogP contribution in [0, 0.1) is 0 Å². The van der Waals surface area contributed by atoms with E-state index >= 15 is 0 Å². The summed E-state index contributed by atoms with van der Waals surface area (Å²) in [7, 11) is 0. The Kier molecular flexibility index (Phi) is 2.71. The van der Waals surface area contributed by atoms with Crippen molar-refractivity contribution in [2.24, 2.45) is 5.73 Å². The molecule has 0 aliphatic carbocycles. The zero-order valence-corrected chi connectivity index (χ0v) is 7.90. The van der Waals surface area contributed by atoms with Crippen LogP contribution in [0.5, 0.6) is 0 Å². The molecule has 0 aromatic carbocycles. The Labute approximate surface area is 81.7 Å². The molecule has 0 aliphatic rings. The summed E-state index contributed by atoms with van der Waals surface area (Å²) in [5, 5.41) is 8.63. The molecule has 0 saturated heterocycles. The van der Waals surface area contributed by atoms with E-state index in [1.807, 2.05) is 0 Å². The number of rotatable bonds is 3. The first-order valence-corrected chi connectivity index (χ1v) is 4.14. The molecule has 1 unspecified atom stereocenters. The van der Waals surface area contributed by atoms with Crippen LogP contribution >= 0.6 is 0 Å². The van der Waals surface area contributed by atoms with E-state index in [1.54, 1.807) is 19.1 Å². The Hall–Kier alpha value is -1.62. The molecule has 1 heterocycles. The minimum atomic E-state index is -0.959. The van der Waals surface area contributed by atoms with Crippen molar-refractivity contribution in [1.29, 1.82) is 0 Å². The van der Waals surface area contributed by atoms with E-state index in [-0.39, 0.29) is 6.42 Å². The lowest BCUT2D eigenvalue weighted by Gasteiger charge is -2.21. The van der Waals surface area contributed by atoms with E-state index in [4.69, 9.17) is 16.6 Å². The number of carbonyl (C=O) groups is 1. The van der Waals surface area contributed by atoms with E-state index in [0.717, 1.165) is 0 Å². The highest BCUT2D eigenvalue weighted by atomic mass is 16.4. The molecule has 0 bridgehead atoms. The molecular weight excluding hydrogens is 182 g/mol. The Morgan fingerprint density at radius 3 is 2.71 bits per heavy atom. The van der Waals surface area contributed by atoms with Crippen LogP contribution in [0.1, 0.15) is 19.0 Å². The number of hydrogen-bond acceptors (Lipinski definition) is 4. The number of nitrogens with zero attached hydrogens (tertiary/aromatic N) is 1. The monoisotopic (exact) mass is 195 g/mol. The van der Waals surface area contributed by atoms with Crippen LogP contribution in [0.25, 0.3) is 0 Å². The largest absolute Gasteiger partial charge is 0.481 e. The number of nitrogens with two attached hydrogens (primary N) is 2. The minimum Gasteiger partial charge on any atom is -0.481 e. The Bertz CT molecular complexity index is 332. The van der Waals surface area contributed by atoms with E-state index < -0.39 is 11.5 Å². The number of aromatic nitrogens is 1. The first-order valence-electron chi connectivity index (χ1n) is 4.14. The van der Waals surface area contributed by atoms with Gasteiger partial charge in [0.25, 0.3) is 0 Å². The Morgan fingerprint density at radius 1 is 1.64 bits per heavy atom. The second-order valence-electron chi connectivity index (χ2n) is 3.46. The van der Waals surface area contributed by atoms with E-state index in [0.29, 0.717) is 11.4 Å². The number of anilines is 1. The van der Waals surface area contributed by atoms with Gasteiger partial charge in [0.1, 0.15) is 0 Å². The molecule has 5 N–H and O–H groups in total. The van der Waals surface area contributed by atoms with Gasteiger partial charge in [0.05, 0.1) is 29.5 Å². The minimum absolute atomic E-state index is 0.163. The number of pyridine rings is 1. The molecule has 1 aromatic rings. The quantitative estimate of drug-likeness (QED) is 0.644. The van der Waals surface area contributed by atoms with Gasteiger partial charge < -0.3 is 16.6 Å². The molecule has 1 aromatic heterocycles. The third kappa shape index (κ3) is 2.43. The average molecular weight is 195 g/mol. The maximum absolute atomic E-state index is 10.5. The second kappa shape index (κ2) is 3.63. The fourth-order valence-electron chi connectivity index (χ4n) is 1.15. The Balaban J connectivity index is 2.91. The smallest absolute Gasteiger partial charge is 0.305 e. The molecule has 1 rings (SSSR count). The lowest BCUT2D eigenvalue weighted by atomic mass is 9.94. The van der Waals surface area contributed by atoms with Crippen LogP contribution < -0.4 is 11.5 Å². The summed E-state index contributed by atoms with van der Waals surface area (Å²) in [5.41, 5.74) is 11.3. The molecule has 0 fully saturated rings.